The Labute approximate surface area is 92.3 Å². The molecule has 0 aromatic heterocycles. The Morgan fingerprint density at radius 3 is 3.00 bits per heavy atom. The van der Waals surface area contributed by atoms with Gasteiger partial charge in [0.1, 0.15) is 0 Å². The Morgan fingerprint density at radius 2 is 2.33 bits per heavy atom. The minimum Gasteiger partial charge on any atom is -0.309 e. The molecular formula is C13H20N2. The molecule has 2 heteroatoms. The molecule has 0 bridgehead atoms. The van der Waals surface area contributed by atoms with Crippen molar-refractivity contribution in [2.75, 3.05) is 20.1 Å². The zero-order valence-electron chi connectivity index (χ0n) is 9.66. The largest absolute Gasteiger partial charge is 0.309 e. The van der Waals surface area contributed by atoms with Crippen LogP contribution >= 0.6 is 0 Å². The van der Waals surface area contributed by atoms with Crippen molar-refractivity contribution < 1.29 is 0 Å². The van der Waals surface area contributed by atoms with Crippen LogP contribution in [-0.4, -0.2) is 31.1 Å². The van der Waals surface area contributed by atoms with E-state index in [1.807, 2.05) is 0 Å². The summed E-state index contributed by atoms with van der Waals surface area (Å²) in [5.74, 6) is 0. The minimum atomic E-state index is 0.676. The summed E-state index contributed by atoms with van der Waals surface area (Å²) in [6.45, 7) is 5.56. The van der Waals surface area contributed by atoms with Gasteiger partial charge in [-0.1, -0.05) is 29.8 Å². The molecule has 1 aromatic rings. The molecule has 0 amide bonds. The van der Waals surface area contributed by atoms with Crippen LogP contribution in [0.25, 0.3) is 0 Å². The topological polar surface area (TPSA) is 15.3 Å². The van der Waals surface area contributed by atoms with Gasteiger partial charge in [-0.15, -0.1) is 0 Å². The summed E-state index contributed by atoms with van der Waals surface area (Å²) >= 11 is 0. The van der Waals surface area contributed by atoms with Gasteiger partial charge < -0.3 is 10.2 Å². The van der Waals surface area contributed by atoms with Gasteiger partial charge in [0, 0.05) is 19.1 Å². The Kier molecular flexibility index (Phi) is 3.39. The molecule has 1 aliphatic heterocycles. The second-order valence-electron chi connectivity index (χ2n) is 4.62. The van der Waals surface area contributed by atoms with E-state index >= 15 is 0 Å². The van der Waals surface area contributed by atoms with Crippen LogP contribution in [0.15, 0.2) is 24.3 Å². The van der Waals surface area contributed by atoms with E-state index in [9.17, 15) is 0 Å². The fourth-order valence-corrected chi connectivity index (χ4v) is 2.19. The summed E-state index contributed by atoms with van der Waals surface area (Å²) < 4.78 is 0. The number of aryl methyl sites for hydroxylation is 1. The van der Waals surface area contributed by atoms with Crippen molar-refractivity contribution in [3.05, 3.63) is 35.4 Å². The lowest BCUT2D eigenvalue weighted by Crippen LogP contribution is -2.30. The fraction of sp³-hybridized carbons (Fsp3) is 0.538. The highest BCUT2D eigenvalue weighted by molar-refractivity contribution is 5.22. The fourth-order valence-electron chi connectivity index (χ4n) is 2.19. The molecular weight excluding hydrogens is 184 g/mol. The summed E-state index contributed by atoms with van der Waals surface area (Å²) in [4.78, 5) is 2.38. The van der Waals surface area contributed by atoms with E-state index in [1.54, 1.807) is 0 Å². The summed E-state index contributed by atoms with van der Waals surface area (Å²) in [6.07, 6.45) is 1.28. The number of hydrogen-bond acceptors (Lipinski definition) is 2. The number of likely N-dealkylation sites (N-methyl/N-ethyl adjacent to an activating group) is 1. The molecule has 1 heterocycles. The lowest BCUT2D eigenvalue weighted by molar-refractivity contribution is 0.397. The number of benzene rings is 1. The van der Waals surface area contributed by atoms with Gasteiger partial charge >= 0.3 is 0 Å². The van der Waals surface area contributed by atoms with Gasteiger partial charge in [0.15, 0.2) is 0 Å². The first kappa shape index (κ1) is 10.7. The van der Waals surface area contributed by atoms with Gasteiger partial charge in [0.05, 0.1) is 0 Å². The predicted octanol–water partition coefficient (Wildman–Crippen LogP) is 1.79. The maximum absolute atomic E-state index is 3.61. The number of likely N-dealkylation sites (tertiary alicyclic amines) is 1. The first-order valence-corrected chi connectivity index (χ1v) is 5.71. The van der Waals surface area contributed by atoms with Crippen LogP contribution in [0.1, 0.15) is 17.5 Å². The zero-order valence-corrected chi connectivity index (χ0v) is 9.66. The number of nitrogens with one attached hydrogen (secondary N) is 1. The van der Waals surface area contributed by atoms with Gasteiger partial charge in [0.25, 0.3) is 0 Å². The van der Waals surface area contributed by atoms with E-state index in [-0.39, 0.29) is 0 Å². The number of nitrogens with zero attached hydrogens (tertiary/aromatic N) is 1. The van der Waals surface area contributed by atoms with Crippen molar-refractivity contribution in [2.24, 2.45) is 0 Å². The number of hydrogen-bond donors (Lipinski definition) is 1. The first-order chi connectivity index (χ1) is 7.24. The lowest BCUT2D eigenvalue weighted by atomic mass is 10.1. The van der Waals surface area contributed by atoms with Crippen molar-refractivity contribution in [1.29, 1.82) is 0 Å². The average molecular weight is 204 g/mol. The molecule has 1 atom stereocenters. The quantitative estimate of drug-likeness (QED) is 0.807. The highest BCUT2D eigenvalue weighted by Crippen LogP contribution is 2.08. The van der Waals surface area contributed by atoms with Gasteiger partial charge in [-0.3, -0.25) is 0 Å². The average Bonchev–Trinajstić information content (AvgIpc) is 2.62. The molecule has 1 aromatic carbocycles. The van der Waals surface area contributed by atoms with Crippen LogP contribution in [0.5, 0.6) is 0 Å². The molecule has 0 spiro atoms. The molecule has 82 valence electrons. The third kappa shape index (κ3) is 3.05. The zero-order chi connectivity index (χ0) is 10.7. The third-order valence-corrected chi connectivity index (χ3v) is 3.07. The van der Waals surface area contributed by atoms with E-state index in [0.29, 0.717) is 6.04 Å². The normalized spacial score (nSPS) is 22.1. The van der Waals surface area contributed by atoms with Gasteiger partial charge in [0.2, 0.25) is 0 Å². The van der Waals surface area contributed by atoms with Crippen molar-refractivity contribution in [3.63, 3.8) is 0 Å². The summed E-state index contributed by atoms with van der Waals surface area (Å²) in [5, 5.41) is 3.61. The van der Waals surface area contributed by atoms with Gasteiger partial charge in [-0.2, -0.15) is 0 Å². The molecule has 1 aliphatic rings. The monoisotopic (exact) mass is 204 g/mol. The molecule has 15 heavy (non-hydrogen) atoms. The molecule has 2 nitrogen and oxygen atoms in total. The molecule has 1 fully saturated rings. The summed E-state index contributed by atoms with van der Waals surface area (Å²) in [7, 11) is 2.19. The number of rotatable bonds is 3. The maximum atomic E-state index is 3.61. The van der Waals surface area contributed by atoms with Gasteiger partial charge in [-0.25, -0.2) is 0 Å². The van der Waals surface area contributed by atoms with Crippen molar-refractivity contribution in [2.45, 2.75) is 25.9 Å². The molecule has 0 radical (unpaired) electrons. The van der Waals surface area contributed by atoms with Crippen molar-refractivity contribution >= 4 is 0 Å². The maximum Gasteiger partial charge on any atom is 0.0210 e. The first-order valence-electron chi connectivity index (χ1n) is 5.71. The van der Waals surface area contributed by atoms with E-state index in [2.05, 4.69) is 48.5 Å². The van der Waals surface area contributed by atoms with Crippen LogP contribution in [0.2, 0.25) is 0 Å². The Hall–Kier alpha value is -0.860. The van der Waals surface area contributed by atoms with Crippen LogP contribution in [0.3, 0.4) is 0 Å². The van der Waals surface area contributed by atoms with Crippen LogP contribution in [0.4, 0.5) is 0 Å². The summed E-state index contributed by atoms with van der Waals surface area (Å²) in [5.41, 5.74) is 2.74. The molecule has 0 saturated carbocycles. The minimum absolute atomic E-state index is 0.676. The van der Waals surface area contributed by atoms with Crippen LogP contribution < -0.4 is 5.32 Å². The highest BCUT2D eigenvalue weighted by Gasteiger charge is 2.18. The van der Waals surface area contributed by atoms with E-state index in [1.165, 1.54) is 30.6 Å². The Morgan fingerprint density at radius 1 is 1.47 bits per heavy atom. The molecule has 1 saturated heterocycles. The van der Waals surface area contributed by atoms with Crippen LogP contribution in [0, 0.1) is 6.92 Å². The van der Waals surface area contributed by atoms with Gasteiger partial charge in [-0.05, 0) is 32.5 Å². The van der Waals surface area contributed by atoms with E-state index in [0.717, 1.165) is 6.54 Å². The lowest BCUT2D eigenvalue weighted by Gasteiger charge is -2.12. The van der Waals surface area contributed by atoms with E-state index in [4.69, 9.17) is 0 Å². The second-order valence-corrected chi connectivity index (χ2v) is 4.62. The second kappa shape index (κ2) is 4.77. The molecule has 1 N–H and O–H groups in total. The van der Waals surface area contributed by atoms with Crippen molar-refractivity contribution in [3.8, 4) is 0 Å². The summed E-state index contributed by atoms with van der Waals surface area (Å²) in [6, 6.07) is 9.40. The Balaban J connectivity index is 1.83. The molecule has 0 aliphatic carbocycles. The standard InChI is InChI=1S/C13H20N2/c1-11-4-3-5-12(8-11)9-14-13-6-7-15(2)10-13/h3-5,8,13-14H,6-7,9-10H2,1-2H3/t13-/m1/s1. The van der Waals surface area contributed by atoms with Crippen LogP contribution in [-0.2, 0) is 6.54 Å². The predicted molar refractivity (Wildman–Crippen MR) is 63.9 cm³/mol. The highest BCUT2D eigenvalue weighted by atomic mass is 15.2. The van der Waals surface area contributed by atoms with E-state index < -0.39 is 0 Å². The van der Waals surface area contributed by atoms with Crippen molar-refractivity contribution in [1.82, 2.24) is 10.2 Å². The third-order valence-electron chi connectivity index (χ3n) is 3.07. The Bertz CT molecular complexity index is 322. The smallest absolute Gasteiger partial charge is 0.0210 e. The molecule has 0 unspecified atom stereocenters. The SMILES string of the molecule is Cc1cccc(CN[C@@H]2CCN(C)C2)c1. The molecule has 2 rings (SSSR count).